The van der Waals surface area contributed by atoms with Crippen molar-refractivity contribution in [3.05, 3.63) is 0 Å². The summed E-state index contributed by atoms with van der Waals surface area (Å²) in [7, 11) is 1.51. The van der Waals surface area contributed by atoms with Gasteiger partial charge in [0.25, 0.3) is 0 Å². The van der Waals surface area contributed by atoms with Gasteiger partial charge in [-0.3, -0.25) is 9.59 Å². The standard InChI is InChI=1S/C8H13NO3/c1-5(10)6-4-8(2,12)9(3)7(6)11/h6,12H,4H2,1-3H3. The quantitative estimate of drug-likeness (QED) is 0.554. The molecule has 0 saturated carbocycles. The lowest BCUT2D eigenvalue weighted by molar-refractivity contribution is -0.141. The van der Waals surface area contributed by atoms with Gasteiger partial charge in [-0.15, -0.1) is 0 Å². The zero-order valence-electron chi connectivity index (χ0n) is 7.50. The summed E-state index contributed by atoms with van der Waals surface area (Å²) in [6, 6.07) is 0. The highest BCUT2D eigenvalue weighted by molar-refractivity contribution is 6.01. The molecular weight excluding hydrogens is 158 g/mol. The van der Waals surface area contributed by atoms with Crippen LogP contribution in [0.1, 0.15) is 20.3 Å². The van der Waals surface area contributed by atoms with Crippen molar-refractivity contribution < 1.29 is 14.7 Å². The smallest absolute Gasteiger partial charge is 0.235 e. The number of ketones is 1. The van der Waals surface area contributed by atoms with Crippen molar-refractivity contribution in [2.45, 2.75) is 26.0 Å². The van der Waals surface area contributed by atoms with Crippen LogP contribution < -0.4 is 0 Å². The van der Waals surface area contributed by atoms with Gasteiger partial charge in [0.2, 0.25) is 5.91 Å². The van der Waals surface area contributed by atoms with E-state index in [4.69, 9.17) is 0 Å². The van der Waals surface area contributed by atoms with Crippen LogP contribution in [-0.2, 0) is 9.59 Å². The maximum Gasteiger partial charge on any atom is 0.235 e. The summed E-state index contributed by atoms with van der Waals surface area (Å²) < 4.78 is 0. The van der Waals surface area contributed by atoms with Crippen LogP contribution in [0.2, 0.25) is 0 Å². The molecule has 1 N–H and O–H groups in total. The number of hydrogen-bond donors (Lipinski definition) is 1. The summed E-state index contributed by atoms with van der Waals surface area (Å²) >= 11 is 0. The van der Waals surface area contributed by atoms with Crippen LogP contribution in [0.15, 0.2) is 0 Å². The zero-order valence-corrected chi connectivity index (χ0v) is 7.50. The highest BCUT2D eigenvalue weighted by atomic mass is 16.3. The number of nitrogens with zero attached hydrogens (tertiary/aromatic N) is 1. The first-order valence-corrected chi connectivity index (χ1v) is 3.87. The van der Waals surface area contributed by atoms with Crippen molar-refractivity contribution in [1.82, 2.24) is 4.90 Å². The molecule has 0 aromatic rings. The molecule has 1 aliphatic heterocycles. The molecule has 1 rings (SSSR count). The number of aliphatic hydroxyl groups is 1. The normalized spacial score (nSPS) is 35.8. The number of Topliss-reactive ketones (excluding diaryl/α,β-unsaturated/α-hetero) is 1. The molecule has 1 saturated heterocycles. The summed E-state index contributed by atoms with van der Waals surface area (Å²) in [5, 5.41) is 9.61. The van der Waals surface area contributed by atoms with Crippen molar-refractivity contribution in [2.75, 3.05) is 7.05 Å². The van der Waals surface area contributed by atoms with Crippen molar-refractivity contribution in [1.29, 1.82) is 0 Å². The van der Waals surface area contributed by atoms with Crippen molar-refractivity contribution >= 4 is 11.7 Å². The lowest BCUT2D eigenvalue weighted by Crippen LogP contribution is -2.39. The Bertz CT molecular complexity index is 234. The number of likely N-dealkylation sites (tertiary alicyclic amines) is 1. The van der Waals surface area contributed by atoms with Gasteiger partial charge in [0.1, 0.15) is 17.4 Å². The molecule has 4 nitrogen and oxygen atoms in total. The molecule has 2 atom stereocenters. The molecule has 0 aromatic carbocycles. The predicted octanol–water partition coefficient (Wildman–Crippen LogP) is -0.238. The van der Waals surface area contributed by atoms with E-state index in [1.807, 2.05) is 0 Å². The number of carbonyl (C=O) groups is 2. The lowest BCUT2D eigenvalue weighted by Gasteiger charge is -2.25. The minimum absolute atomic E-state index is 0.176. The Balaban J connectivity index is 2.89. The van der Waals surface area contributed by atoms with Crippen LogP contribution in [-0.4, -0.2) is 34.5 Å². The Kier molecular flexibility index (Phi) is 1.96. The first kappa shape index (κ1) is 9.19. The van der Waals surface area contributed by atoms with Crippen LogP contribution in [0.5, 0.6) is 0 Å². The lowest BCUT2D eigenvalue weighted by atomic mass is 10.0. The Hall–Kier alpha value is -0.900. The minimum Gasteiger partial charge on any atom is -0.371 e. The second-order valence-electron chi connectivity index (χ2n) is 3.48. The van der Waals surface area contributed by atoms with Gasteiger partial charge in [0.05, 0.1) is 0 Å². The number of rotatable bonds is 1. The fourth-order valence-corrected chi connectivity index (χ4v) is 1.40. The molecule has 68 valence electrons. The van der Waals surface area contributed by atoms with Gasteiger partial charge in [-0.25, -0.2) is 0 Å². The third-order valence-electron chi connectivity index (χ3n) is 2.43. The summed E-state index contributed by atoms with van der Waals surface area (Å²) in [5.74, 6) is -1.11. The number of carbonyl (C=O) groups excluding carboxylic acids is 2. The first-order chi connectivity index (χ1) is 5.36. The molecule has 4 heteroatoms. The van der Waals surface area contributed by atoms with Gasteiger partial charge in [0, 0.05) is 13.5 Å². The highest BCUT2D eigenvalue weighted by Gasteiger charge is 2.46. The molecule has 0 bridgehead atoms. The molecule has 12 heavy (non-hydrogen) atoms. The van der Waals surface area contributed by atoms with E-state index in [1.165, 1.54) is 25.8 Å². The van der Waals surface area contributed by atoms with E-state index in [0.29, 0.717) is 0 Å². The maximum absolute atomic E-state index is 11.3. The van der Waals surface area contributed by atoms with Crippen LogP contribution in [0, 0.1) is 5.92 Å². The van der Waals surface area contributed by atoms with E-state index < -0.39 is 11.6 Å². The molecule has 1 aliphatic rings. The average Bonchev–Trinajstić information content (AvgIpc) is 2.14. The Morgan fingerprint density at radius 3 is 2.42 bits per heavy atom. The average molecular weight is 171 g/mol. The van der Waals surface area contributed by atoms with Crippen LogP contribution in [0.3, 0.4) is 0 Å². The van der Waals surface area contributed by atoms with Gasteiger partial charge in [-0.2, -0.15) is 0 Å². The van der Waals surface area contributed by atoms with Crippen LogP contribution in [0.4, 0.5) is 0 Å². The third-order valence-corrected chi connectivity index (χ3v) is 2.43. The molecule has 0 aromatic heterocycles. The van der Waals surface area contributed by atoms with Gasteiger partial charge >= 0.3 is 0 Å². The van der Waals surface area contributed by atoms with E-state index in [1.54, 1.807) is 0 Å². The largest absolute Gasteiger partial charge is 0.371 e. The Labute approximate surface area is 71.2 Å². The second kappa shape index (κ2) is 2.55. The predicted molar refractivity (Wildman–Crippen MR) is 42.2 cm³/mol. The maximum atomic E-state index is 11.3. The zero-order chi connectivity index (χ0) is 9.52. The SMILES string of the molecule is CC(=O)C1CC(C)(O)N(C)C1=O. The molecule has 0 spiro atoms. The molecule has 0 aliphatic carbocycles. The first-order valence-electron chi connectivity index (χ1n) is 3.87. The minimum atomic E-state index is -1.16. The molecule has 0 radical (unpaired) electrons. The Morgan fingerprint density at radius 2 is 2.25 bits per heavy atom. The molecule has 1 heterocycles. The van der Waals surface area contributed by atoms with Crippen molar-refractivity contribution in [3.8, 4) is 0 Å². The molecule has 1 amide bonds. The van der Waals surface area contributed by atoms with E-state index in [-0.39, 0.29) is 18.1 Å². The van der Waals surface area contributed by atoms with E-state index in [2.05, 4.69) is 0 Å². The van der Waals surface area contributed by atoms with E-state index >= 15 is 0 Å². The number of hydrogen-bond acceptors (Lipinski definition) is 3. The molecule has 1 fully saturated rings. The van der Waals surface area contributed by atoms with Gasteiger partial charge < -0.3 is 10.0 Å². The fourth-order valence-electron chi connectivity index (χ4n) is 1.40. The summed E-state index contributed by atoms with van der Waals surface area (Å²) in [6.45, 7) is 2.91. The van der Waals surface area contributed by atoms with Gasteiger partial charge in [0.15, 0.2) is 0 Å². The summed E-state index contributed by atoms with van der Waals surface area (Å²) in [6.07, 6.45) is 0.206. The van der Waals surface area contributed by atoms with Gasteiger partial charge in [-0.1, -0.05) is 0 Å². The van der Waals surface area contributed by atoms with Crippen LogP contribution in [0.25, 0.3) is 0 Å². The topological polar surface area (TPSA) is 57.6 Å². The number of amides is 1. The van der Waals surface area contributed by atoms with Crippen molar-refractivity contribution in [2.24, 2.45) is 5.92 Å². The van der Waals surface area contributed by atoms with Crippen molar-refractivity contribution in [3.63, 3.8) is 0 Å². The second-order valence-corrected chi connectivity index (χ2v) is 3.48. The van der Waals surface area contributed by atoms with E-state index in [9.17, 15) is 14.7 Å². The molecule has 2 unspecified atom stereocenters. The summed E-state index contributed by atoms with van der Waals surface area (Å²) in [5.41, 5.74) is -1.16. The monoisotopic (exact) mass is 171 g/mol. The highest BCUT2D eigenvalue weighted by Crippen LogP contribution is 2.30. The fraction of sp³-hybridized carbons (Fsp3) is 0.750. The van der Waals surface area contributed by atoms with Crippen LogP contribution >= 0.6 is 0 Å². The third kappa shape index (κ3) is 1.22. The molecular formula is C8H13NO3. The van der Waals surface area contributed by atoms with E-state index in [0.717, 1.165) is 0 Å². The van der Waals surface area contributed by atoms with Gasteiger partial charge in [-0.05, 0) is 13.8 Å². The Morgan fingerprint density at radius 1 is 1.75 bits per heavy atom. The summed E-state index contributed by atoms with van der Waals surface area (Å²) in [4.78, 5) is 23.5.